The van der Waals surface area contributed by atoms with Crippen molar-refractivity contribution in [3.05, 3.63) is 30.1 Å². The smallest absolute Gasteiger partial charge is 0.307 e. The van der Waals surface area contributed by atoms with E-state index in [1.165, 1.54) is 6.07 Å². The van der Waals surface area contributed by atoms with Gasteiger partial charge in [-0.1, -0.05) is 19.1 Å². The Morgan fingerprint density at radius 2 is 1.85 bits per heavy atom. The predicted octanol–water partition coefficient (Wildman–Crippen LogP) is 1.52. The van der Waals surface area contributed by atoms with Gasteiger partial charge in [-0.25, -0.2) is 4.39 Å². The van der Waals surface area contributed by atoms with Gasteiger partial charge < -0.3 is 14.9 Å². The Kier molecular flexibility index (Phi) is 5.76. The zero-order chi connectivity index (χ0) is 18.7. The molecule has 7 heteroatoms. The maximum absolute atomic E-state index is 13.9. The second kappa shape index (κ2) is 8.03. The Morgan fingerprint density at radius 3 is 2.50 bits per heavy atom. The fourth-order valence-corrected chi connectivity index (χ4v) is 3.97. The summed E-state index contributed by atoms with van der Waals surface area (Å²) in [7, 11) is 0. The molecular weight excluding hydrogens is 337 g/mol. The molecule has 0 bridgehead atoms. The van der Waals surface area contributed by atoms with Gasteiger partial charge in [-0.2, -0.15) is 0 Å². The van der Waals surface area contributed by atoms with Gasteiger partial charge in [0.15, 0.2) is 0 Å². The van der Waals surface area contributed by atoms with Crippen molar-refractivity contribution in [2.75, 3.05) is 50.7 Å². The van der Waals surface area contributed by atoms with Gasteiger partial charge in [0, 0.05) is 39.3 Å². The maximum atomic E-state index is 13.9. The molecule has 142 valence electrons. The third-order valence-corrected chi connectivity index (χ3v) is 5.27. The molecule has 1 N–H and O–H groups in total. The van der Waals surface area contributed by atoms with Crippen LogP contribution in [0, 0.1) is 17.7 Å². The average Bonchev–Trinajstić information content (AvgIpc) is 2.61. The number of likely N-dealkylation sites (tertiary alicyclic amines) is 1. The van der Waals surface area contributed by atoms with Crippen molar-refractivity contribution in [3.8, 4) is 0 Å². The van der Waals surface area contributed by atoms with Crippen LogP contribution in [0.25, 0.3) is 0 Å². The molecule has 26 heavy (non-hydrogen) atoms. The lowest BCUT2D eigenvalue weighted by Crippen LogP contribution is -2.53. The standard InChI is InChI=1S/C19H26FN3O3/c1-14-10-15(19(25)26)12-21(11-14)13-18(24)23-8-6-22(7-9-23)17-5-3-2-4-16(17)20/h2-5,14-15H,6-13H2,1H3,(H,25,26). The van der Waals surface area contributed by atoms with Crippen LogP contribution in [0.2, 0.25) is 0 Å². The third kappa shape index (κ3) is 4.33. The van der Waals surface area contributed by atoms with E-state index in [1.54, 1.807) is 17.0 Å². The number of rotatable bonds is 4. The van der Waals surface area contributed by atoms with E-state index in [4.69, 9.17) is 0 Å². The summed E-state index contributed by atoms with van der Waals surface area (Å²) >= 11 is 0. The Balaban J connectivity index is 1.52. The molecule has 0 spiro atoms. The molecule has 2 heterocycles. The Bertz CT molecular complexity index is 661. The van der Waals surface area contributed by atoms with Gasteiger partial charge in [0.2, 0.25) is 5.91 Å². The van der Waals surface area contributed by atoms with Crippen molar-refractivity contribution in [1.29, 1.82) is 0 Å². The number of para-hydroxylation sites is 1. The molecule has 0 radical (unpaired) electrons. The van der Waals surface area contributed by atoms with E-state index in [-0.39, 0.29) is 24.2 Å². The van der Waals surface area contributed by atoms with Crippen LogP contribution in [-0.4, -0.2) is 72.6 Å². The van der Waals surface area contributed by atoms with Crippen LogP contribution in [0.4, 0.5) is 10.1 Å². The Hall–Kier alpha value is -2.15. The summed E-state index contributed by atoms with van der Waals surface area (Å²) in [4.78, 5) is 29.6. The van der Waals surface area contributed by atoms with Crippen molar-refractivity contribution in [3.63, 3.8) is 0 Å². The van der Waals surface area contributed by atoms with Gasteiger partial charge in [0.25, 0.3) is 0 Å². The van der Waals surface area contributed by atoms with E-state index >= 15 is 0 Å². The molecule has 1 aromatic rings. The number of aliphatic carboxylic acids is 1. The average molecular weight is 363 g/mol. The number of benzene rings is 1. The van der Waals surface area contributed by atoms with Crippen molar-refractivity contribution < 1.29 is 19.1 Å². The van der Waals surface area contributed by atoms with E-state index < -0.39 is 11.9 Å². The minimum atomic E-state index is -0.785. The molecule has 2 unspecified atom stereocenters. The maximum Gasteiger partial charge on any atom is 0.307 e. The van der Waals surface area contributed by atoms with E-state index in [0.29, 0.717) is 44.8 Å². The van der Waals surface area contributed by atoms with Crippen molar-refractivity contribution in [2.24, 2.45) is 11.8 Å². The number of anilines is 1. The number of piperazine rings is 1. The van der Waals surface area contributed by atoms with Gasteiger partial charge in [-0.15, -0.1) is 0 Å². The first-order valence-corrected chi connectivity index (χ1v) is 9.16. The number of amides is 1. The number of piperidine rings is 1. The number of carbonyl (C=O) groups excluding carboxylic acids is 1. The summed E-state index contributed by atoms with van der Waals surface area (Å²) in [5, 5.41) is 9.26. The van der Waals surface area contributed by atoms with Crippen LogP contribution in [0.5, 0.6) is 0 Å². The molecule has 2 aliphatic rings. The predicted molar refractivity (Wildman–Crippen MR) is 96.5 cm³/mol. The fraction of sp³-hybridized carbons (Fsp3) is 0.579. The topological polar surface area (TPSA) is 64.1 Å². The third-order valence-electron chi connectivity index (χ3n) is 5.27. The molecule has 3 rings (SSSR count). The molecule has 1 aromatic carbocycles. The van der Waals surface area contributed by atoms with Gasteiger partial charge in [0.1, 0.15) is 5.82 Å². The zero-order valence-electron chi connectivity index (χ0n) is 15.1. The minimum Gasteiger partial charge on any atom is -0.481 e. The van der Waals surface area contributed by atoms with Crippen LogP contribution < -0.4 is 4.90 Å². The quantitative estimate of drug-likeness (QED) is 0.879. The first-order valence-electron chi connectivity index (χ1n) is 9.16. The largest absolute Gasteiger partial charge is 0.481 e. The summed E-state index contributed by atoms with van der Waals surface area (Å²) in [5.41, 5.74) is 0.578. The highest BCUT2D eigenvalue weighted by Crippen LogP contribution is 2.23. The molecule has 2 fully saturated rings. The number of halogens is 1. The van der Waals surface area contributed by atoms with Crippen LogP contribution >= 0.6 is 0 Å². The summed E-state index contributed by atoms with van der Waals surface area (Å²) in [6, 6.07) is 6.69. The number of carboxylic acid groups (broad SMARTS) is 1. The second-order valence-corrected chi connectivity index (χ2v) is 7.39. The molecule has 2 atom stereocenters. The van der Waals surface area contributed by atoms with Gasteiger partial charge in [-0.05, 0) is 24.5 Å². The van der Waals surface area contributed by atoms with E-state index in [0.717, 1.165) is 6.54 Å². The van der Waals surface area contributed by atoms with Gasteiger partial charge in [-0.3, -0.25) is 14.5 Å². The number of hydrogen-bond donors (Lipinski definition) is 1. The molecule has 0 aromatic heterocycles. The van der Waals surface area contributed by atoms with Crippen LogP contribution in [0.1, 0.15) is 13.3 Å². The van der Waals surface area contributed by atoms with Crippen LogP contribution in [0.15, 0.2) is 24.3 Å². The lowest BCUT2D eigenvalue weighted by Gasteiger charge is -2.39. The molecule has 6 nitrogen and oxygen atoms in total. The molecule has 0 saturated carbocycles. The Morgan fingerprint density at radius 1 is 1.15 bits per heavy atom. The van der Waals surface area contributed by atoms with E-state index in [2.05, 4.69) is 0 Å². The lowest BCUT2D eigenvalue weighted by atomic mass is 9.90. The highest BCUT2D eigenvalue weighted by molar-refractivity contribution is 5.79. The molecular formula is C19H26FN3O3. The second-order valence-electron chi connectivity index (χ2n) is 7.39. The Labute approximate surface area is 153 Å². The monoisotopic (exact) mass is 363 g/mol. The molecule has 2 aliphatic heterocycles. The molecule has 1 amide bonds. The molecule has 2 saturated heterocycles. The molecule has 0 aliphatic carbocycles. The van der Waals surface area contributed by atoms with Crippen molar-refractivity contribution in [2.45, 2.75) is 13.3 Å². The number of carboxylic acids is 1. The zero-order valence-corrected chi connectivity index (χ0v) is 15.1. The normalized spacial score (nSPS) is 24.5. The first-order chi connectivity index (χ1) is 12.4. The highest BCUT2D eigenvalue weighted by atomic mass is 19.1. The number of carbonyl (C=O) groups is 2. The first kappa shape index (κ1) is 18.6. The van der Waals surface area contributed by atoms with E-state index in [9.17, 15) is 19.1 Å². The van der Waals surface area contributed by atoms with Crippen molar-refractivity contribution in [1.82, 2.24) is 9.80 Å². The van der Waals surface area contributed by atoms with Crippen LogP contribution in [0.3, 0.4) is 0 Å². The number of hydrogen-bond acceptors (Lipinski definition) is 4. The van der Waals surface area contributed by atoms with Gasteiger partial charge >= 0.3 is 5.97 Å². The minimum absolute atomic E-state index is 0.0245. The summed E-state index contributed by atoms with van der Waals surface area (Å²) in [6.07, 6.45) is 0.668. The van der Waals surface area contributed by atoms with Crippen molar-refractivity contribution >= 4 is 17.6 Å². The van der Waals surface area contributed by atoms with Gasteiger partial charge in [0.05, 0.1) is 18.2 Å². The van der Waals surface area contributed by atoms with E-state index in [1.807, 2.05) is 22.8 Å². The summed E-state index contributed by atoms with van der Waals surface area (Å²) in [5.74, 6) is -1.13. The fourth-order valence-electron chi connectivity index (χ4n) is 3.97. The van der Waals surface area contributed by atoms with Crippen LogP contribution in [-0.2, 0) is 9.59 Å². The summed E-state index contributed by atoms with van der Waals surface area (Å²) in [6.45, 7) is 5.78. The summed E-state index contributed by atoms with van der Waals surface area (Å²) < 4.78 is 13.9. The highest BCUT2D eigenvalue weighted by Gasteiger charge is 2.31. The number of nitrogens with zero attached hydrogens (tertiary/aromatic N) is 3. The SMILES string of the molecule is CC1CC(C(=O)O)CN(CC(=O)N2CCN(c3ccccc3F)CC2)C1. The lowest BCUT2D eigenvalue weighted by molar-refractivity contribution is -0.145.